The third-order valence-corrected chi connectivity index (χ3v) is 6.51. The molecule has 0 aliphatic carbocycles. The molecule has 0 spiro atoms. The van der Waals surface area contributed by atoms with E-state index in [0.29, 0.717) is 24.3 Å². The Morgan fingerprint density at radius 1 is 1.16 bits per heavy atom. The molecule has 8 N–H and O–H groups in total. The Morgan fingerprint density at radius 3 is 2.70 bits per heavy atom. The highest BCUT2D eigenvalue weighted by Crippen LogP contribution is 2.32. The predicted molar refractivity (Wildman–Crippen MR) is 135 cm³/mol. The van der Waals surface area contributed by atoms with Gasteiger partial charge in [-0.3, -0.25) is 9.36 Å². The number of anilines is 1. The number of ether oxygens (including phenoxy) is 1. The highest BCUT2D eigenvalue weighted by atomic mass is 16.6. The van der Waals surface area contributed by atoms with Gasteiger partial charge in [-0.15, -0.1) is 0 Å². The maximum atomic E-state index is 11.2. The number of nitrogen functional groups attached to an aromatic ring is 1. The van der Waals surface area contributed by atoms with E-state index in [1.165, 1.54) is 22.8 Å². The van der Waals surface area contributed by atoms with Crippen molar-refractivity contribution in [3.05, 3.63) is 48.5 Å². The molecule has 4 rings (SSSR count). The van der Waals surface area contributed by atoms with Crippen LogP contribution < -0.4 is 16.8 Å². The number of rotatable bonds is 13. The third kappa shape index (κ3) is 6.57. The zero-order valence-electron chi connectivity index (χ0n) is 20.4. The van der Waals surface area contributed by atoms with E-state index < -0.39 is 36.6 Å². The first-order valence-corrected chi connectivity index (χ1v) is 12.2. The summed E-state index contributed by atoms with van der Waals surface area (Å²) in [7, 11) is 0. The molecule has 13 nitrogen and oxygen atoms in total. The molecule has 0 bridgehead atoms. The Kier molecular flexibility index (Phi) is 8.97. The number of nitrogens with two attached hydrogens (primary N) is 2. The van der Waals surface area contributed by atoms with Crippen molar-refractivity contribution in [2.45, 2.75) is 50.0 Å². The van der Waals surface area contributed by atoms with Gasteiger partial charge < -0.3 is 41.7 Å². The summed E-state index contributed by atoms with van der Waals surface area (Å²) in [6.07, 6.45) is -0.283. The van der Waals surface area contributed by atoms with Gasteiger partial charge in [0.1, 0.15) is 36.2 Å². The van der Waals surface area contributed by atoms with Crippen LogP contribution in [0, 0.1) is 0 Å². The molecule has 2 aromatic heterocycles. The molecule has 1 saturated heterocycles. The number of aliphatic hydroxyl groups excluding tert-OH is 2. The number of aliphatic carboxylic acids is 1. The van der Waals surface area contributed by atoms with E-state index in [-0.39, 0.29) is 18.8 Å². The van der Waals surface area contributed by atoms with E-state index in [0.717, 1.165) is 19.5 Å². The monoisotopic (exact) mass is 514 g/mol. The maximum absolute atomic E-state index is 11.2. The molecule has 3 aromatic rings. The van der Waals surface area contributed by atoms with Crippen LogP contribution in [0.4, 0.5) is 5.82 Å². The van der Waals surface area contributed by atoms with Crippen LogP contribution in [-0.2, 0) is 16.1 Å². The van der Waals surface area contributed by atoms with Gasteiger partial charge in [0.15, 0.2) is 17.7 Å². The van der Waals surface area contributed by atoms with Crippen LogP contribution in [0.15, 0.2) is 43.0 Å². The van der Waals surface area contributed by atoms with E-state index >= 15 is 0 Å². The zero-order valence-corrected chi connectivity index (χ0v) is 20.4. The van der Waals surface area contributed by atoms with Gasteiger partial charge in [0.05, 0.1) is 6.33 Å². The summed E-state index contributed by atoms with van der Waals surface area (Å²) in [6, 6.07) is 9.08. The number of nitrogens with one attached hydrogen (secondary N) is 1. The molecule has 0 unspecified atom stereocenters. The number of imidazole rings is 1. The summed E-state index contributed by atoms with van der Waals surface area (Å²) in [5.41, 5.74) is 13.5. The number of aliphatic hydroxyl groups is 2. The van der Waals surface area contributed by atoms with Crippen LogP contribution in [0.1, 0.15) is 24.6 Å². The average Bonchev–Trinajstić information content (AvgIpc) is 3.44. The van der Waals surface area contributed by atoms with Gasteiger partial charge in [-0.05, 0) is 31.5 Å². The lowest BCUT2D eigenvalue weighted by atomic mass is 10.1. The van der Waals surface area contributed by atoms with Crippen molar-refractivity contribution in [1.29, 1.82) is 0 Å². The third-order valence-electron chi connectivity index (χ3n) is 6.51. The minimum Gasteiger partial charge on any atom is -0.480 e. The van der Waals surface area contributed by atoms with Crippen molar-refractivity contribution in [2.24, 2.45) is 5.73 Å². The highest BCUT2D eigenvalue weighted by Gasteiger charge is 2.44. The van der Waals surface area contributed by atoms with Crippen LogP contribution >= 0.6 is 0 Å². The van der Waals surface area contributed by atoms with Crippen molar-refractivity contribution in [3.63, 3.8) is 0 Å². The molecular formula is C24H34N8O5. The Labute approximate surface area is 214 Å². The second kappa shape index (κ2) is 12.4. The summed E-state index contributed by atoms with van der Waals surface area (Å²) in [4.78, 5) is 25.5. The second-order valence-electron chi connectivity index (χ2n) is 9.18. The molecule has 0 radical (unpaired) electrons. The molecule has 5 atom stereocenters. The smallest absolute Gasteiger partial charge is 0.320 e. The molecule has 37 heavy (non-hydrogen) atoms. The molecular weight excluding hydrogens is 480 g/mol. The fraction of sp³-hybridized carbons (Fsp3) is 0.500. The normalized spacial score (nSPS) is 22.6. The number of carbonyl (C=O) groups is 1. The lowest BCUT2D eigenvalue weighted by Crippen LogP contribution is -2.43. The number of aromatic nitrogens is 4. The Morgan fingerprint density at radius 2 is 1.95 bits per heavy atom. The van der Waals surface area contributed by atoms with E-state index in [2.05, 4.69) is 32.4 Å². The summed E-state index contributed by atoms with van der Waals surface area (Å²) in [6.45, 7) is 2.80. The highest BCUT2D eigenvalue weighted by molar-refractivity contribution is 5.81. The van der Waals surface area contributed by atoms with E-state index in [4.69, 9.17) is 16.2 Å². The molecule has 1 aliphatic heterocycles. The molecule has 0 saturated carbocycles. The second-order valence-corrected chi connectivity index (χ2v) is 9.18. The molecule has 200 valence electrons. The molecule has 1 aliphatic rings. The van der Waals surface area contributed by atoms with Crippen LogP contribution in [-0.4, -0.2) is 96.2 Å². The number of carboxylic acids is 1. The summed E-state index contributed by atoms with van der Waals surface area (Å²) in [5.74, 6) is -0.861. The van der Waals surface area contributed by atoms with Crippen LogP contribution in [0.2, 0.25) is 0 Å². The van der Waals surface area contributed by atoms with E-state index in [1.54, 1.807) is 0 Å². The summed E-state index contributed by atoms with van der Waals surface area (Å²) in [5, 5.41) is 34.1. The molecule has 0 amide bonds. The standard InChI is InChI=1S/C24H34N8O5/c25-16(24(35)36)7-10-31(9-4-8-27-11-15-5-2-1-3-6-15)12-17-19(33)20(34)23(37-17)32-14-30-18-21(26)28-13-29-22(18)32/h1-3,5-6,13-14,16-17,19-20,23,27,33-34H,4,7-12,25H2,(H,35,36)(H2,26,28,29)/t16-,17+,19+,20+,23+/m0/s1. The Hall–Kier alpha value is -3.20. The van der Waals surface area contributed by atoms with Crippen molar-refractivity contribution in [2.75, 3.05) is 31.9 Å². The first-order valence-electron chi connectivity index (χ1n) is 12.2. The molecule has 1 fully saturated rings. The summed E-state index contributed by atoms with van der Waals surface area (Å²) >= 11 is 0. The van der Waals surface area contributed by atoms with Gasteiger partial charge in [-0.1, -0.05) is 30.3 Å². The fourth-order valence-corrected chi connectivity index (χ4v) is 4.42. The van der Waals surface area contributed by atoms with Crippen molar-refractivity contribution in [1.82, 2.24) is 29.7 Å². The van der Waals surface area contributed by atoms with Gasteiger partial charge in [-0.25, -0.2) is 15.0 Å². The minimum absolute atomic E-state index is 0.204. The predicted octanol–water partition coefficient (Wildman–Crippen LogP) is -0.688. The van der Waals surface area contributed by atoms with E-state index in [1.807, 2.05) is 23.1 Å². The first kappa shape index (κ1) is 26.9. The van der Waals surface area contributed by atoms with Gasteiger partial charge >= 0.3 is 5.97 Å². The molecule has 1 aromatic carbocycles. The van der Waals surface area contributed by atoms with Crippen LogP contribution in [0.25, 0.3) is 11.2 Å². The zero-order chi connectivity index (χ0) is 26.4. The molecule has 3 heterocycles. The van der Waals surface area contributed by atoms with Crippen molar-refractivity contribution in [3.8, 4) is 0 Å². The summed E-state index contributed by atoms with van der Waals surface area (Å²) < 4.78 is 7.59. The maximum Gasteiger partial charge on any atom is 0.320 e. The van der Waals surface area contributed by atoms with Crippen molar-refractivity contribution >= 4 is 23.0 Å². The van der Waals surface area contributed by atoms with Gasteiger partial charge in [0.25, 0.3) is 0 Å². The quantitative estimate of drug-likeness (QED) is 0.157. The average molecular weight is 515 g/mol. The first-order chi connectivity index (χ1) is 17.8. The largest absolute Gasteiger partial charge is 0.480 e. The number of fused-ring (bicyclic) bond motifs is 1. The van der Waals surface area contributed by atoms with Gasteiger partial charge in [0.2, 0.25) is 0 Å². The van der Waals surface area contributed by atoms with E-state index in [9.17, 15) is 20.1 Å². The van der Waals surface area contributed by atoms with Crippen LogP contribution in [0.3, 0.4) is 0 Å². The number of hydrogen-bond acceptors (Lipinski definition) is 11. The van der Waals surface area contributed by atoms with Crippen molar-refractivity contribution < 1.29 is 24.9 Å². The number of carboxylic acid groups (broad SMARTS) is 1. The number of hydrogen-bond donors (Lipinski definition) is 6. The Bertz CT molecular complexity index is 1160. The topological polar surface area (TPSA) is 198 Å². The molecule has 13 heteroatoms. The number of benzene rings is 1. The lowest BCUT2D eigenvalue weighted by molar-refractivity contribution is -0.138. The fourth-order valence-electron chi connectivity index (χ4n) is 4.42. The van der Waals surface area contributed by atoms with Crippen LogP contribution in [0.5, 0.6) is 0 Å². The number of nitrogens with zero attached hydrogens (tertiary/aromatic N) is 5. The lowest BCUT2D eigenvalue weighted by Gasteiger charge is -2.27. The SMILES string of the molecule is Nc1ncnc2c1ncn2[C@@H]1O[C@H](CN(CCCNCc2ccccc2)CC[C@H](N)C(=O)O)[C@@H](O)[C@H]1O. The van der Waals surface area contributed by atoms with Gasteiger partial charge in [0, 0.05) is 19.6 Å². The van der Waals surface area contributed by atoms with Gasteiger partial charge in [-0.2, -0.15) is 0 Å². The minimum atomic E-state index is -1.23. The Balaban J connectivity index is 1.37.